The van der Waals surface area contributed by atoms with E-state index in [0.717, 1.165) is 27.9 Å². The lowest BCUT2D eigenvalue weighted by atomic mass is 9.94. The smallest absolute Gasteiger partial charge is 0.273 e. The van der Waals surface area contributed by atoms with Gasteiger partial charge in [0.1, 0.15) is 22.8 Å². The summed E-state index contributed by atoms with van der Waals surface area (Å²) >= 11 is 0. The van der Waals surface area contributed by atoms with Crippen LogP contribution in [0.2, 0.25) is 0 Å². The zero-order chi connectivity index (χ0) is 25.2. The molecule has 0 unspecified atom stereocenters. The summed E-state index contributed by atoms with van der Waals surface area (Å²) in [5.41, 5.74) is 6.04. The van der Waals surface area contributed by atoms with Crippen molar-refractivity contribution < 1.29 is 18.6 Å². The number of nitrogens with one attached hydrogen (secondary N) is 1. The molecule has 0 saturated carbocycles. The molecule has 0 saturated heterocycles. The third kappa shape index (κ3) is 4.39. The average molecular weight is 486 g/mol. The van der Waals surface area contributed by atoms with E-state index in [1.165, 1.54) is 0 Å². The normalized spacial score (nSPS) is 12.9. The Balaban J connectivity index is 1.35. The molecule has 1 aliphatic rings. The summed E-state index contributed by atoms with van der Waals surface area (Å²) in [6.07, 6.45) is 3.15. The fourth-order valence-electron chi connectivity index (χ4n) is 4.55. The number of amides is 2. The number of hydrogen-bond donors (Lipinski definition) is 1. The van der Waals surface area contributed by atoms with Crippen LogP contribution in [0.5, 0.6) is 0 Å². The first-order valence-electron chi connectivity index (χ1n) is 12.0. The van der Waals surface area contributed by atoms with E-state index in [1.807, 2.05) is 50.4 Å². The van der Waals surface area contributed by atoms with Crippen LogP contribution in [0, 0.1) is 13.8 Å². The SMILES string of the molecule is CCc1cc(C(=O)NCc2c(C)ncc3c2CCN(C(=O)c2c(-c4ccccc4)noc2C)C3)no1. The molecule has 4 heterocycles. The Morgan fingerprint density at radius 3 is 2.67 bits per heavy atom. The lowest BCUT2D eigenvalue weighted by Gasteiger charge is -2.30. The van der Waals surface area contributed by atoms with Crippen molar-refractivity contribution in [3.8, 4) is 11.3 Å². The second-order valence-corrected chi connectivity index (χ2v) is 8.85. The number of fused-ring (bicyclic) bond motifs is 1. The minimum atomic E-state index is -0.292. The summed E-state index contributed by atoms with van der Waals surface area (Å²) in [7, 11) is 0. The highest BCUT2D eigenvalue weighted by molar-refractivity contribution is 6.01. The largest absolute Gasteiger partial charge is 0.361 e. The molecule has 0 radical (unpaired) electrons. The molecule has 184 valence electrons. The number of hydrogen-bond acceptors (Lipinski definition) is 7. The van der Waals surface area contributed by atoms with Crippen LogP contribution in [0.15, 0.2) is 51.6 Å². The first-order valence-corrected chi connectivity index (χ1v) is 12.0. The molecule has 36 heavy (non-hydrogen) atoms. The van der Waals surface area contributed by atoms with Crippen LogP contribution in [-0.2, 0) is 25.9 Å². The fraction of sp³-hybridized carbons (Fsp3) is 0.296. The predicted octanol–water partition coefficient (Wildman–Crippen LogP) is 4.03. The van der Waals surface area contributed by atoms with Gasteiger partial charge in [-0.25, -0.2) is 0 Å². The number of pyridine rings is 1. The molecule has 4 aromatic rings. The van der Waals surface area contributed by atoms with Crippen molar-refractivity contribution in [2.75, 3.05) is 6.54 Å². The van der Waals surface area contributed by atoms with Crippen LogP contribution >= 0.6 is 0 Å². The predicted molar refractivity (Wildman–Crippen MR) is 131 cm³/mol. The number of carbonyl (C=O) groups is 2. The van der Waals surface area contributed by atoms with Gasteiger partial charge in [0, 0.05) is 49.6 Å². The average Bonchev–Trinajstić information content (AvgIpc) is 3.54. The quantitative estimate of drug-likeness (QED) is 0.438. The minimum absolute atomic E-state index is 0.119. The zero-order valence-electron chi connectivity index (χ0n) is 20.5. The third-order valence-corrected chi connectivity index (χ3v) is 6.57. The van der Waals surface area contributed by atoms with Crippen LogP contribution < -0.4 is 5.32 Å². The maximum atomic E-state index is 13.6. The van der Waals surface area contributed by atoms with E-state index in [0.29, 0.717) is 55.3 Å². The standard InChI is InChI=1S/C27H27N5O4/c1-4-20-12-23(30-36-20)26(33)29-14-22-16(2)28-13-19-15-32(11-10-21(19)22)27(34)24-17(3)35-31-25(24)18-8-6-5-7-9-18/h5-9,12-13H,4,10-11,14-15H2,1-3H3,(H,29,33). The molecule has 0 bridgehead atoms. The molecule has 0 fully saturated rings. The van der Waals surface area contributed by atoms with Gasteiger partial charge in [-0.3, -0.25) is 14.6 Å². The van der Waals surface area contributed by atoms with E-state index in [1.54, 1.807) is 17.9 Å². The Labute approximate surface area is 208 Å². The highest BCUT2D eigenvalue weighted by Gasteiger charge is 2.30. The van der Waals surface area contributed by atoms with E-state index in [2.05, 4.69) is 20.6 Å². The Morgan fingerprint density at radius 2 is 1.92 bits per heavy atom. The van der Waals surface area contributed by atoms with Crippen molar-refractivity contribution in [3.05, 3.63) is 87.8 Å². The fourth-order valence-corrected chi connectivity index (χ4v) is 4.55. The number of aryl methyl sites for hydroxylation is 3. The summed E-state index contributed by atoms with van der Waals surface area (Å²) in [6, 6.07) is 11.2. The summed E-state index contributed by atoms with van der Waals surface area (Å²) in [4.78, 5) is 32.5. The van der Waals surface area contributed by atoms with Gasteiger partial charge in [-0.1, -0.05) is 47.6 Å². The second kappa shape index (κ2) is 9.77. The number of aromatic nitrogens is 3. The van der Waals surface area contributed by atoms with Gasteiger partial charge in [0.25, 0.3) is 11.8 Å². The maximum absolute atomic E-state index is 13.6. The number of rotatable bonds is 6. The van der Waals surface area contributed by atoms with E-state index < -0.39 is 0 Å². The molecule has 0 spiro atoms. The molecule has 9 heteroatoms. The van der Waals surface area contributed by atoms with Crippen molar-refractivity contribution in [1.29, 1.82) is 0 Å². The number of benzene rings is 1. The lowest BCUT2D eigenvalue weighted by Crippen LogP contribution is -2.37. The molecule has 5 rings (SSSR count). The van der Waals surface area contributed by atoms with Crippen molar-refractivity contribution >= 4 is 11.8 Å². The van der Waals surface area contributed by atoms with Crippen molar-refractivity contribution in [2.45, 2.75) is 46.7 Å². The van der Waals surface area contributed by atoms with E-state index in [4.69, 9.17) is 9.05 Å². The molecule has 1 aromatic carbocycles. The Hall–Kier alpha value is -4.27. The van der Waals surface area contributed by atoms with Gasteiger partial charge >= 0.3 is 0 Å². The molecule has 0 atom stereocenters. The summed E-state index contributed by atoms with van der Waals surface area (Å²) in [6.45, 7) is 6.91. The van der Waals surface area contributed by atoms with E-state index >= 15 is 0 Å². The first kappa shape index (κ1) is 23.5. The van der Waals surface area contributed by atoms with Gasteiger partial charge in [-0.2, -0.15) is 0 Å². The molecular weight excluding hydrogens is 458 g/mol. The van der Waals surface area contributed by atoms with Crippen LogP contribution in [0.4, 0.5) is 0 Å². The molecular formula is C27H27N5O4. The molecule has 2 amide bonds. The molecule has 3 aromatic heterocycles. The Kier molecular flexibility index (Phi) is 6.37. The van der Waals surface area contributed by atoms with Crippen molar-refractivity contribution in [2.24, 2.45) is 0 Å². The summed E-state index contributed by atoms with van der Waals surface area (Å²) < 4.78 is 10.5. The molecule has 1 N–H and O–H groups in total. The van der Waals surface area contributed by atoms with Gasteiger partial charge in [0.05, 0.1) is 0 Å². The minimum Gasteiger partial charge on any atom is -0.361 e. The van der Waals surface area contributed by atoms with Gasteiger partial charge in [-0.15, -0.1) is 0 Å². The van der Waals surface area contributed by atoms with Crippen LogP contribution in [0.25, 0.3) is 11.3 Å². The molecule has 9 nitrogen and oxygen atoms in total. The summed E-state index contributed by atoms with van der Waals surface area (Å²) in [5, 5.41) is 10.9. The molecule has 1 aliphatic heterocycles. The second-order valence-electron chi connectivity index (χ2n) is 8.85. The molecule has 0 aliphatic carbocycles. The van der Waals surface area contributed by atoms with Crippen LogP contribution in [0.3, 0.4) is 0 Å². The highest BCUT2D eigenvalue weighted by atomic mass is 16.5. The number of carbonyl (C=O) groups excluding carboxylic acids is 2. The van der Waals surface area contributed by atoms with Gasteiger partial charge < -0.3 is 19.3 Å². The van der Waals surface area contributed by atoms with Crippen LogP contribution in [-0.4, -0.2) is 38.6 Å². The van der Waals surface area contributed by atoms with Gasteiger partial charge in [0.2, 0.25) is 0 Å². The maximum Gasteiger partial charge on any atom is 0.273 e. The van der Waals surface area contributed by atoms with Crippen LogP contribution in [0.1, 0.15) is 61.7 Å². The van der Waals surface area contributed by atoms with Crippen molar-refractivity contribution in [1.82, 2.24) is 25.5 Å². The van der Waals surface area contributed by atoms with E-state index in [-0.39, 0.29) is 17.5 Å². The topological polar surface area (TPSA) is 114 Å². The van der Waals surface area contributed by atoms with Gasteiger partial charge in [0.15, 0.2) is 5.69 Å². The highest BCUT2D eigenvalue weighted by Crippen LogP contribution is 2.30. The van der Waals surface area contributed by atoms with Crippen molar-refractivity contribution in [3.63, 3.8) is 0 Å². The monoisotopic (exact) mass is 485 g/mol. The van der Waals surface area contributed by atoms with E-state index in [9.17, 15) is 9.59 Å². The zero-order valence-corrected chi connectivity index (χ0v) is 20.5. The third-order valence-electron chi connectivity index (χ3n) is 6.57. The Bertz CT molecular complexity index is 1420. The summed E-state index contributed by atoms with van der Waals surface area (Å²) in [5.74, 6) is 0.748. The Morgan fingerprint density at radius 1 is 1.11 bits per heavy atom. The van der Waals surface area contributed by atoms with Gasteiger partial charge in [-0.05, 0) is 37.0 Å². The number of nitrogens with zero attached hydrogens (tertiary/aromatic N) is 4. The first-order chi connectivity index (χ1) is 17.5. The lowest BCUT2D eigenvalue weighted by molar-refractivity contribution is 0.0733.